The molecule has 0 bridgehead atoms. The first-order valence-electron chi connectivity index (χ1n) is 4.85. The molecule has 1 aliphatic heterocycles. The minimum Gasteiger partial charge on any atom is -0.480 e. The molecular weight excluding hydrogens is 227 g/mol. The van der Waals surface area contributed by atoms with Crippen LogP contribution in [0.3, 0.4) is 0 Å². The first kappa shape index (κ1) is 12.8. The maximum Gasteiger partial charge on any atom is 0.400 e. The molecule has 1 unspecified atom stereocenters. The minimum absolute atomic E-state index is 0.0796. The number of likely N-dealkylation sites (tertiary alicyclic amines) is 1. The second kappa shape index (κ2) is 4.31. The molecule has 1 amide bonds. The number of carboxylic acid groups (broad SMARTS) is 1. The van der Waals surface area contributed by atoms with Crippen LogP contribution in [0.15, 0.2) is 0 Å². The van der Waals surface area contributed by atoms with Crippen LogP contribution in [0.2, 0.25) is 0 Å². The number of aliphatic carboxylic acids is 1. The lowest BCUT2D eigenvalue weighted by Crippen LogP contribution is -2.46. The lowest BCUT2D eigenvalue weighted by atomic mass is 10.1. The van der Waals surface area contributed by atoms with E-state index in [0.29, 0.717) is 6.42 Å². The van der Waals surface area contributed by atoms with E-state index in [1.807, 2.05) is 0 Å². The molecule has 1 heterocycles. The van der Waals surface area contributed by atoms with Gasteiger partial charge < -0.3 is 10.0 Å². The highest BCUT2D eigenvalue weighted by atomic mass is 19.4. The van der Waals surface area contributed by atoms with Crippen LogP contribution < -0.4 is 0 Å². The van der Waals surface area contributed by atoms with E-state index >= 15 is 0 Å². The summed E-state index contributed by atoms with van der Waals surface area (Å²) in [5.74, 6) is -4.55. The van der Waals surface area contributed by atoms with Crippen molar-refractivity contribution < 1.29 is 27.9 Å². The first-order valence-corrected chi connectivity index (χ1v) is 4.85. The van der Waals surface area contributed by atoms with Gasteiger partial charge in [0.25, 0.3) is 0 Å². The molecule has 0 aromatic heterocycles. The van der Waals surface area contributed by atoms with Gasteiger partial charge in [-0.3, -0.25) is 4.79 Å². The van der Waals surface area contributed by atoms with E-state index in [2.05, 4.69) is 0 Å². The topological polar surface area (TPSA) is 57.6 Å². The highest BCUT2D eigenvalue weighted by Gasteiger charge is 2.46. The Kier molecular flexibility index (Phi) is 3.44. The zero-order valence-electron chi connectivity index (χ0n) is 8.62. The third-order valence-electron chi connectivity index (χ3n) is 2.68. The predicted octanol–water partition coefficient (Wildman–Crippen LogP) is 1.26. The summed E-state index contributed by atoms with van der Waals surface area (Å²) in [5.41, 5.74) is 0. The summed E-state index contributed by atoms with van der Waals surface area (Å²) >= 11 is 0. The predicted molar refractivity (Wildman–Crippen MR) is 47.6 cm³/mol. The van der Waals surface area contributed by atoms with E-state index in [-0.39, 0.29) is 13.0 Å². The molecule has 0 aromatic rings. The number of hydrogen-bond acceptors (Lipinski definition) is 2. The van der Waals surface area contributed by atoms with E-state index < -0.39 is 30.0 Å². The number of alkyl halides is 3. The lowest BCUT2D eigenvalue weighted by molar-refractivity contribution is -0.187. The van der Waals surface area contributed by atoms with Gasteiger partial charge in [-0.05, 0) is 19.8 Å². The molecule has 4 nitrogen and oxygen atoms in total. The molecule has 0 aliphatic carbocycles. The van der Waals surface area contributed by atoms with Gasteiger partial charge in [-0.15, -0.1) is 0 Å². The zero-order chi connectivity index (χ0) is 12.5. The van der Waals surface area contributed by atoms with Gasteiger partial charge in [-0.2, -0.15) is 13.2 Å². The van der Waals surface area contributed by atoms with Crippen LogP contribution in [0.1, 0.15) is 19.8 Å². The van der Waals surface area contributed by atoms with Crippen molar-refractivity contribution in [3.05, 3.63) is 0 Å². The summed E-state index contributed by atoms with van der Waals surface area (Å²) in [6.45, 7) is 0.829. The lowest BCUT2D eigenvalue weighted by Gasteiger charge is -2.25. The molecule has 7 heteroatoms. The van der Waals surface area contributed by atoms with E-state index in [1.165, 1.54) is 0 Å². The fourth-order valence-corrected chi connectivity index (χ4v) is 1.68. The summed E-state index contributed by atoms with van der Waals surface area (Å²) in [6, 6.07) is -1.11. The summed E-state index contributed by atoms with van der Waals surface area (Å²) in [4.78, 5) is 23.0. The SMILES string of the molecule is CC(C(=O)N1CCC[C@@H]1C(=O)O)C(F)(F)F. The standard InChI is InChI=1S/C9H12F3NO3/c1-5(9(10,11)12)7(14)13-4-2-3-6(13)8(15)16/h5-6H,2-4H2,1H3,(H,15,16)/t5?,6-/m1/s1. The Labute approximate surface area is 90.0 Å². The molecule has 0 spiro atoms. The highest BCUT2D eigenvalue weighted by Crippen LogP contribution is 2.30. The number of halogens is 3. The van der Waals surface area contributed by atoms with E-state index in [4.69, 9.17) is 5.11 Å². The maximum absolute atomic E-state index is 12.3. The van der Waals surface area contributed by atoms with Crippen molar-refractivity contribution in [1.82, 2.24) is 4.90 Å². The number of rotatable bonds is 2. The van der Waals surface area contributed by atoms with Crippen LogP contribution in [-0.4, -0.2) is 40.6 Å². The van der Waals surface area contributed by atoms with Crippen LogP contribution in [-0.2, 0) is 9.59 Å². The molecule has 0 radical (unpaired) electrons. The van der Waals surface area contributed by atoms with Crippen LogP contribution in [0, 0.1) is 5.92 Å². The van der Waals surface area contributed by atoms with Crippen LogP contribution in [0.4, 0.5) is 13.2 Å². The molecule has 1 N–H and O–H groups in total. The average Bonchev–Trinajstić information content (AvgIpc) is 2.62. The monoisotopic (exact) mass is 239 g/mol. The number of carbonyl (C=O) groups excluding carboxylic acids is 1. The molecule has 0 saturated carbocycles. The summed E-state index contributed by atoms with van der Waals surface area (Å²) < 4.78 is 36.9. The Hall–Kier alpha value is -1.27. The smallest absolute Gasteiger partial charge is 0.400 e. The molecule has 2 atom stereocenters. The second-order valence-corrected chi connectivity index (χ2v) is 3.79. The minimum atomic E-state index is -4.62. The molecule has 0 aromatic carbocycles. The largest absolute Gasteiger partial charge is 0.480 e. The van der Waals surface area contributed by atoms with Crippen molar-refractivity contribution >= 4 is 11.9 Å². The van der Waals surface area contributed by atoms with Gasteiger partial charge in [0.1, 0.15) is 12.0 Å². The third kappa shape index (κ3) is 2.45. The molecule has 92 valence electrons. The Morgan fingerprint density at radius 2 is 2.00 bits per heavy atom. The Bertz CT molecular complexity index is 303. The van der Waals surface area contributed by atoms with E-state index in [9.17, 15) is 22.8 Å². The third-order valence-corrected chi connectivity index (χ3v) is 2.68. The van der Waals surface area contributed by atoms with Gasteiger partial charge in [-0.25, -0.2) is 4.79 Å². The van der Waals surface area contributed by atoms with Gasteiger partial charge in [0.05, 0.1) is 0 Å². The van der Waals surface area contributed by atoms with Gasteiger partial charge in [-0.1, -0.05) is 0 Å². The Morgan fingerprint density at radius 1 is 1.44 bits per heavy atom. The number of carbonyl (C=O) groups is 2. The zero-order valence-corrected chi connectivity index (χ0v) is 8.62. The summed E-state index contributed by atoms with van der Waals surface area (Å²) in [5, 5.41) is 8.74. The fourth-order valence-electron chi connectivity index (χ4n) is 1.68. The van der Waals surface area contributed by atoms with Crippen LogP contribution in [0.5, 0.6) is 0 Å². The van der Waals surface area contributed by atoms with Crippen LogP contribution in [0.25, 0.3) is 0 Å². The molecule has 1 aliphatic rings. The van der Waals surface area contributed by atoms with Crippen molar-refractivity contribution in [2.45, 2.75) is 32.0 Å². The maximum atomic E-state index is 12.3. The average molecular weight is 239 g/mol. The van der Waals surface area contributed by atoms with Crippen LogP contribution >= 0.6 is 0 Å². The van der Waals surface area contributed by atoms with Crippen molar-refractivity contribution in [3.63, 3.8) is 0 Å². The van der Waals surface area contributed by atoms with Gasteiger partial charge >= 0.3 is 12.1 Å². The first-order chi connectivity index (χ1) is 7.25. The number of amides is 1. The number of hydrogen-bond donors (Lipinski definition) is 1. The van der Waals surface area contributed by atoms with Crippen molar-refractivity contribution in [1.29, 1.82) is 0 Å². The molecule has 1 fully saturated rings. The summed E-state index contributed by atoms with van der Waals surface area (Å²) in [7, 11) is 0. The Balaban J connectivity index is 2.77. The Morgan fingerprint density at radius 3 is 2.44 bits per heavy atom. The normalized spacial score (nSPS) is 23.2. The molecular formula is C9H12F3NO3. The van der Waals surface area contributed by atoms with Gasteiger partial charge in [0.15, 0.2) is 0 Å². The van der Waals surface area contributed by atoms with E-state index in [1.54, 1.807) is 0 Å². The van der Waals surface area contributed by atoms with Crippen molar-refractivity contribution in [2.24, 2.45) is 5.92 Å². The second-order valence-electron chi connectivity index (χ2n) is 3.79. The number of carboxylic acids is 1. The summed E-state index contributed by atoms with van der Waals surface area (Å²) in [6.07, 6.45) is -3.98. The quantitative estimate of drug-likeness (QED) is 0.789. The van der Waals surface area contributed by atoms with Crippen molar-refractivity contribution in [2.75, 3.05) is 6.54 Å². The molecule has 1 saturated heterocycles. The van der Waals surface area contributed by atoms with Gasteiger partial charge in [0, 0.05) is 6.54 Å². The van der Waals surface area contributed by atoms with E-state index in [0.717, 1.165) is 11.8 Å². The highest BCUT2D eigenvalue weighted by molar-refractivity contribution is 5.85. The number of nitrogens with zero attached hydrogens (tertiary/aromatic N) is 1. The molecule has 16 heavy (non-hydrogen) atoms. The molecule has 1 rings (SSSR count). The van der Waals surface area contributed by atoms with Gasteiger partial charge in [0.2, 0.25) is 5.91 Å². The van der Waals surface area contributed by atoms with Crippen molar-refractivity contribution in [3.8, 4) is 0 Å². The fraction of sp³-hybridized carbons (Fsp3) is 0.778.